The molecule has 6 rings (SSSR count). The van der Waals surface area contributed by atoms with Crippen LogP contribution < -0.4 is 0 Å². The molecule has 6 aromatic rings. The van der Waals surface area contributed by atoms with Gasteiger partial charge in [-0.1, -0.05) is 93.5 Å². The fraction of sp³-hybridized carbons (Fsp3) is 0.0667. The van der Waals surface area contributed by atoms with Crippen LogP contribution in [0.1, 0.15) is 0 Å². The van der Waals surface area contributed by atoms with Crippen molar-refractivity contribution in [3.63, 3.8) is 0 Å². The maximum absolute atomic E-state index is 4.93. The van der Waals surface area contributed by atoms with Gasteiger partial charge < -0.3 is 0 Å². The molecular formula is C30H24Br2Cl2N2SiZr. The first kappa shape index (κ1) is 31.1. The molecule has 0 saturated carbocycles. The van der Waals surface area contributed by atoms with Gasteiger partial charge in [0.2, 0.25) is 0 Å². The van der Waals surface area contributed by atoms with E-state index in [1.807, 2.05) is 36.7 Å². The van der Waals surface area contributed by atoms with Gasteiger partial charge in [-0.15, -0.1) is 69.1 Å². The Morgan fingerprint density at radius 1 is 0.658 bits per heavy atom. The molecule has 0 spiro atoms. The Bertz CT molecular complexity index is 1390. The molecule has 0 saturated heterocycles. The van der Waals surface area contributed by atoms with Crippen molar-refractivity contribution in [1.29, 1.82) is 0 Å². The number of halogens is 4. The second-order valence-corrected chi connectivity index (χ2v) is 14.6. The molecule has 0 N–H and O–H groups in total. The van der Waals surface area contributed by atoms with Crippen molar-refractivity contribution in [2.45, 2.75) is 13.1 Å². The van der Waals surface area contributed by atoms with E-state index in [1.165, 1.54) is 32.7 Å². The Labute approximate surface area is 262 Å². The molecule has 0 fully saturated rings. The Hall–Kier alpha value is -1.40. The fourth-order valence-electron chi connectivity index (χ4n) is 3.72. The molecule has 2 radical (unpaired) electrons. The number of rotatable bonds is 2. The molecule has 190 valence electrons. The van der Waals surface area contributed by atoms with Gasteiger partial charge >= 0.3 is 37.9 Å². The van der Waals surface area contributed by atoms with Crippen LogP contribution in [0.15, 0.2) is 118 Å². The Kier molecular flexibility index (Phi) is 13.6. The first-order valence-electron chi connectivity index (χ1n) is 11.6. The summed E-state index contributed by atoms with van der Waals surface area (Å²) in [6, 6.07) is 33.3. The predicted molar refractivity (Wildman–Crippen MR) is 170 cm³/mol. The van der Waals surface area contributed by atoms with Gasteiger partial charge in [0.25, 0.3) is 0 Å². The minimum atomic E-state index is -0.826. The number of fused-ring (bicyclic) bond motifs is 2. The van der Waals surface area contributed by atoms with Crippen molar-refractivity contribution < 1.29 is 20.8 Å². The summed E-state index contributed by atoms with van der Waals surface area (Å²) in [5.74, 6) is 0. The van der Waals surface area contributed by atoms with Gasteiger partial charge in [-0.3, -0.25) is 9.97 Å². The van der Waals surface area contributed by atoms with Crippen LogP contribution in [0.3, 0.4) is 0 Å². The van der Waals surface area contributed by atoms with Crippen molar-refractivity contribution in [3.8, 4) is 22.5 Å². The average Bonchev–Trinajstić information content (AvgIpc) is 3.55. The molecule has 0 aliphatic rings. The summed E-state index contributed by atoms with van der Waals surface area (Å²) >= 11 is 6.10. The molecule has 2 nitrogen and oxygen atoms in total. The number of hydrogen-bond acceptors (Lipinski definition) is 2. The summed E-state index contributed by atoms with van der Waals surface area (Å²) in [5, 5.41) is 5.05. The quantitative estimate of drug-likeness (QED) is 0.130. The Morgan fingerprint density at radius 2 is 1.03 bits per heavy atom. The summed E-state index contributed by atoms with van der Waals surface area (Å²) in [4.78, 5) is 8.75. The third-order valence-corrected chi connectivity index (χ3v) is 6.26. The van der Waals surface area contributed by atoms with Crippen molar-refractivity contribution in [1.82, 2.24) is 9.97 Å². The minimum absolute atomic E-state index is 0.826. The first-order valence-corrected chi connectivity index (χ1v) is 21.5. The molecule has 0 atom stereocenters. The predicted octanol–water partition coefficient (Wildman–Crippen LogP) is 10.9. The molecule has 2 heterocycles. The van der Waals surface area contributed by atoms with Crippen LogP contribution in [0.5, 0.6) is 0 Å². The van der Waals surface area contributed by atoms with E-state index < -0.39 is 20.8 Å². The molecule has 38 heavy (non-hydrogen) atoms. The molecular weight excluding hydrogens is 738 g/mol. The van der Waals surface area contributed by atoms with Gasteiger partial charge in [-0.25, -0.2) is 0 Å². The second-order valence-electron chi connectivity index (χ2n) is 8.04. The summed E-state index contributed by atoms with van der Waals surface area (Å²) < 4.78 is 2.12. The van der Waals surface area contributed by atoms with Crippen molar-refractivity contribution >= 4 is 80.0 Å². The van der Waals surface area contributed by atoms with E-state index in [0.29, 0.717) is 0 Å². The van der Waals surface area contributed by atoms with E-state index in [0.717, 1.165) is 29.9 Å². The normalized spacial score (nSPS) is 9.84. The van der Waals surface area contributed by atoms with Gasteiger partial charge in [0, 0.05) is 42.2 Å². The summed E-state index contributed by atoms with van der Waals surface area (Å²) in [5.41, 5.74) is 4.35. The summed E-state index contributed by atoms with van der Waals surface area (Å²) in [6.45, 7) is 4.31. The molecule has 2 aromatic heterocycles. The Morgan fingerprint density at radius 3 is 1.37 bits per heavy atom. The van der Waals surface area contributed by atoms with Crippen LogP contribution in [0.2, 0.25) is 13.1 Å². The molecule has 0 aliphatic carbocycles. The molecule has 0 bridgehead atoms. The summed E-state index contributed by atoms with van der Waals surface area (Å²) in [7, 11) is 11.0. The number of pyridine rings is 2. The van der Waals surface area contributed by atoms with E-state index >= 15 is 0 Å². The molecule has 8 heteroatoms. The second kappa shape index (κ2) is 16.6. The Balaban J connectivity index is 0.000000175. The summed E-state index contributed by atoms with van der Waals surface area (Å²) in [6.07, 6.45) is 3.63. The average molecular weight is 763 g/mol. The van der Waals surface area contributed by atoms with Gasteiger partial charge in [0.1, 0.15) is 0 Å². The zero-order valence-corrected chi connectivity index (χ0v) is 28.9. The number of benzene rings is 2. The monoisotopic (exact) mass is 758 g/mol. The number of aromatic nitrogens is 2. The van der Waals surface area contributed by atoms with Crippen molar-refractivity contribution in [3.05, 3.63) is 118 Å². The van der Waals surface area contributed by atoms with E-state index in [-0.39, 0.29) is 0 Å². The van der Waals surface area contributed by atoms with Crippen LogP contribution >= 0.6 is 48.9 Å². The standard InChI is InChI=1S/2C14H9BrN.C2H6Si.2ClH.Zr/c2*15-13-5-6-16-14(9-13)12-7-10-3-1-2-4-11(10)8-12;1-3-2;;;/h2*1-9H;1-2H3;2*1H;/q2*-1;;;;+4/p-2. The van der Waals surface area contributed by atoms with E-state index in [4.69, 9.17) is 17.0 Å². The molecule has 0 amide bonds. The van der Waals surface area contributed by atoms with Crippen LogP contribution in [-0.2, 0) is 20.8 Å². The van der Waals surface area contributed by atoms with E-state index in [1.54, 1.807) is 0 Å². The molecule has 4 aromatic carbocycles. The third-order valence-electron chi connectivity index (χ3n) is 5.27. The van der Waals surface area contributed by atoms with E-state index in [9.17, 15) is 0 Å². The van der Waals surface area contributed by atoms with E-state index in [2.05, 4.69) is 128 Å². The van der Waals surface area contributed by atoms with Gasteiger partial charge in [-0.05, 0) is 12.1 Å². The SMILES string of the molecule is Brc1ccnc(-c2cc3ccccc3[cH-]2)c1.Brc1ccnc(-c2cc3ccccc3[cH-]2)c1.C[Si]C.[Cl][Zr+2][Cl]. The zero-order chi connectivity index (χ0) is 27.3. The zero-order valence-electron chi connectivity index (χ0n) is 20.8. The molecule has 0 unspecified atom stereocenters. The van der Waals surface area contributed by atoms with Crippen LogP contribution in [0, 0.1) is 0 Å². The van der Waals surface area contributed by atoms with Crippen LogP contribution in [0.4, 0.5) is 0 Å². The molecule has 0 aliphatic heterocycles. The maximum atomic E-state index is 4.93. The van der Waals surface area contributed by atoms with Crippen molar-refractivity contribution in [2.24, 2.45) is 0 Å². The topological polar surface area (TPSA) is 25.8 Å². The van der Waals surface area contributed by atoms with Crippen LogP contribution in [-0.4, -0.2) is 19.5 Å². The van der Waals surface area contributed by atoms with Crippen molar-refractivity contribution in [2.75, 3.05) is 0 Å². The van der Waals surface area contributed by atoms with Gasteiger partial charge in [0.05, 0.1) is 0 Å². The third kappa shape index (κ3) is 9.36. The number of nitrogens with zero attached hydrogens (tertiary/aromatic N) is 2. The fourth-order valence-corrected chi connectivity index (χ4v) is 4.39. The van der Waals surface area contributed by atoms with Crippen LogP contribution in [0.25, 0.3) is 44.1 Å². The van der Waals surface area contributed by atoms with Gasteiger partial charge in [-0.2, -0.15) is 0 Å². The van der Waals surface area contributed by atoms with Gasteiger partial charge in [0.15, 0.2) is 0 Å². The first-order chi connectivity index (χ1) is 18.5. The number of hydrogen-bond donors (Lipinski definition) is 0.